The van der Waals surface area contributed by atoms with Crippen LogP contribution in [0.3, 0.4) is 0 Å². The summed E-state index contributed by atoms with van der Waals surface area (Å²) < 4.78 is 28.8. The van der Waals surface area contributed by atoms with Crippen molar-refractivity contribution < 1.29 is 13.6 Å². The van der Waals surface area contributed by atoms with Crippen molar-refractivity contribution in [2.24, 2.45) is 0 Å². The van der Waals surface area contributed by atoms with E-state index in [0.717, 1.165) is 36.4 Å². The molecule has 3 heterocycles. The van der Waals surface area contributed by atoms with Crippen LogP contribution in [-0.2, 0) is 4.79 Å². The van der Waals surface area contributed by atoms with Gasteiger partial charge in [-0.25, -0.2) is 4.98 Å². The minimum absolute atomic E-state index is 0.209. The van der Waals surface area contributed by atoms with Crippen molar-refractivity contribution in [2.45, 2.75) is 32.2 Å². The fourth-order valence-electron chi connectivity index (χ4n) is 5.09. The Bertz CT molecular complexity index is 1130. The number of hydrogen-bond acceptors (Lipinski definition) is 4. The molecule has 2 aliphatic heterocycles. The van der Waals surface area contributed by atoms with Gasteiger partial charge >= 0.3 is 6.55 Å². The molecule has 0 N–H and O–H groups in total. The third-order valence-corrected chi connectivity index (χ3v) is 6.95. The average molecular weight is 468 g/mol. The lowest BCUT2D eigenvalue weighted by atomic mass is 10.1. The van der Waals surface area contributed by atoms with Gasteiger partial charge in [0.2, 0.25) is 5.91 Å². The Labute approximate surface area is 198 Å². The van der Waals surface area contributed by atoms with Crippen molar-refractivity contribution in [2.75, 3.05) is 50.7 Å². The number of likely N-dealkylation sites (tertiary alicyclic amines) is 1. The van der Waals surface area contributed by atoms with E-state index in [9.17, 15) is 13.6 Å². The molecule has 5 rings (SSSR count). The first-order valence-electron chi connectivity index (χ1n) is 12.2. The van der Waals surface area contributed by atoms with Crippen molar-refractivity contribution in [1.29, 1.82) is 0 Å². The van der Waals surface area contributed by atoms with Crippen LogP contribution in [0.4, 0.5) is 14.5 Å². The van der Waals surface area contributed by atoms with E-state index in [1.165, 1.54) is 25.7 Å². The molecule has 2 fully saturated rings. The first-order valence-corrected chi connectivity index (χ1v) is 12.2. The SMILES string of the molecule is O=C(CN1CCCCCC1)N1CCN(c2cccc(-c3nc4ccccc4n3C(F)F)c2)CC1. The highest BCUT2D eigenvalue weighted by molar-refractivity contribution is 5.81. The molecule has 3 aromatic rings. The highest BCUT2D eigenvalue weighted by Gasteiger charge is 2.24. The maximum atomic E-state index is 13.9. The van der Waals surface area contributed by atoms with Crippen molar-refractivity contribution in [3.05, 3.63) is 48.5 Å². The van der Waals surface area contributed by atoms with Crippen molar-refractivity contribution in [1.82, 2.24) is 19.4 Å². The maximum Gasteiger partial charge on any atom is 0.320 e. The number of amides is 1. The van der Waals surface area contributed by atoms with E-state index in [1.54, 1.807) is 24.3 Å². The zero-order valence-electron chi connectivity index (χ0n) is 19.4. The monoisotopic (exact) mass is 467 g/mol. The number of hydrogen-bond donors (Lipinski definition) is 0. The fraction of sp³-hybridized carbons (Fsp3) is 0.462. The van der Waals surface area contributed by atoms with Crippen molar-refractivity contribution in [3.63, 3.8) is 0 Å². The van der Waals surface area contributed by atoms with Crippen LogP contribution in [0.5, 0.6) is 0 Å². The van der Waals surface area contributed by atoms with Crippen LogP contribution in [0.25, 0.3) is 22.4 Å². The number of rotatable bonds is 5. The van der Waals surface area contributed by atoms with Gasteiger partial charge in [0.25, 0.3) is 0 Å². The lowest BCUT2D eigenvalue weighted by Gasteiger charge is -2.37. The van der Waals surface area contributed by atoms with Gasteiger partial charge in [0, 0.05) is 37.4 Å². The summed E-state index contributed by atoms with van der Waals surface area (Å²) in [5.74, 6) is 0.477. The van der Waals surface area contributed by atoms with E-state index in [2.05, 4.69) is 14.8 Å². The highest BCUT2D eigenvalue weighted by atomic mass is 19.3. The number of fused-ring (bicyclic) bond motifs is 1. The number of carbonyl (C=O) groups excluding carboxylic acids is 1. The second kappa shape index (κ2) is 10.1. The van der Waals surface area contributed by atoms with Gasteiger partial charge in [0.15, 0.2) is 0 Å². The molecule has 1 aromatic heterocycles. The number of nitrogens with zero attached hydrogens (tertiary/aromatic N) is 5. The predicted octanol–water partition coefficient (Wildman–Crippen LogP) is 4.62. The summed E-state index contributed by atoms with van der Waals surface area (Å²) in [5.41, 5.74) is 2.60. The Kier molecular flexibility index (Phi) is 6.76. The third-order valence-electron chi connectivity index (χ3n) is 6.95. The molecular formula is C26H31F2N5O. The molecule has 0 aliphatic carbocycles. The highest BCUT2D eigenvalue weighted by Crippen LogP contribution is 2.31. The molecule has 0 saturated carbocycles. The van der Waals surface area contributed by atoms with Gasteiger partial charge in [0.05, 0.1) is 17.6 Å². The van der Waals surface area contributed by atoms with E-state index in [4.69, 9.17) is 0 Å². The lowest BCUT2D eigenvalue weighted by Crippen LogP contribution is -2.51. The van der Waals surface area contributed by atoms with E-state index in [1.807, 2.05) is 29.2 Å². The largest absolute Gasteiger partial charge is 0.368 e. The first-order chi connectivity index (χ1) is 16.6. The van der Waals surface area contributed by atoms with E-state index in [-0.39, 0.29) is 11.7 Å². The number of benzene rings is 2. The Balaban J connectivity index is 1.28. The minimum atomic E-state index is -2.68. The number of halogens is 2. The summed E-state index contributed by atoms with van der Waals surface area (Å²) in [7, 11) is 0. The quantitative estimate of drug-likeness (QED) is 0.549. The van der Waals surface area contributed by atoms with Crippen LogP contribution in [0.1, 0.15) is 32.2 Å². The van der Waals surface area contributed by atoms with Crippen molar-refractivity contribution in [3.8, 4) is 11.4 Å². The number of anilines is 1. The molecule has 2 aliphatic rings. The summed E-state index contributed by atoms with van der Waals surface area (Å²) in [6.45, 7) is 2.66. The number of para-hydroxylation sites is 2. The average Bonchev–Trinajstić information content (AvgIpc) is 3.08. The van der Waals surface area contributed by atoms with Gasteiger partial charge < -0.3 is 9.80 Å². The molecule has 0 radical (unpaired) electrons. The topological polar surface area (TPSA) is 44.6 Å². The van der Waals surface area contributed by atoms with E-state index < -0.39 is 6.55 Å². The number of imidazole rings is 1. The molecular weight excluding hydrogens is 436 g/mol. The zero-order chi connectivity index (χ0) is 23.5. The van der Waals surface area contributed by atoms with E-state index in [0.29, 0.717) is 36.2 Å². The smallest absolute Gasteiger partial charge is 0.320 e. The first kappa shape index (κ1) is 22.8. The molecule has 8 heteroatoms. The summed E-state index contributed by atoms with van der Waals surface area (Å²) in [5, 5.41) is 0. The second-order valence-electron chi connectivity index (χ2n) is 9.18. The lowest BCUT2D eigenvalue weighted by molar-refractivity contribution is -0.132. The van der Waals surface area contributed by atoms with Crippen LogP contribution in [0.15, 0.2) is 48.5 Å². The second-order valence-corrected chi connectivity index (χ2v) is 9.18. The van der Waals surface area contributed by atoms with Gasteiger partial charge in [0.1, 0.15) is 5.82 Å². The van der Waals surface area contributed by atoms with Gasteiger partial charge in [-0.15, -0.1) is 0 Å². The van der Waals surface area contributed by atoms with Gasteiger partial charge in [-0.3, -0.25) is 14.3 Å². The molecule has 0 atom stereocenters. The third kappa shape index (κ3) is 4.78. The minimum Gasteiger partial charge on any atom is -0.368 e. The van der Waals surface area contributed by atoms with Crippen molar-refractivity contribution >= 4 is 22.6 Å². The zero-order valence-corrected chi connectivity index (χ0v) is 19.4. The number of carbonyl (C=O) groups is 1. The van der Waals surface area contributed by atoms with E-state index >= 15 is 0 Å². The summed E-state index contributed by atoms with van der Waals surface area (Å²) in [6.07, 6.45) is 4.87. The Morgan fingerprint density at radius 1 is 0.882 bits per heavy atom. The molecule has 34 heavy (non-hydrogen) atoms. The van der Waals surface area contributed by atoms with Crippen LogP contribution >= 0.6 is 0 Å². The number of aromatic nitrogens is 2. The molecule has 0 spiro atoms. The van der Waals surface area contributed by atoms with Crippen LogP contribution in [0.2, 0.25) is 0 Å². The molecule has 180 valence electrons. The predicted molar refractivity (Wildman–Crippen MR) is 130 cm³/mol. The Morgan fingerprint density at radius 2 is 1.62 bits per heavy atom. The normalized spacial score (nSPS) is 18.0. The summed E-state index contributed by atoms with van der Waals surface area (Å²) in [4.78, 5) is 23.8. The van der Waals surface area contributed by atoms with Crippen LogP contribution in [-0.4, -0.2) is 71.1 Å². The Hall–Kier alpha value is -3.00. The van der Waals surface area contributed by atoms with Gasteiger partial charge in [-0.2, -0.15) is 8.78 Å². The number of piperazine rings is 1. The summed E-state index contributed by atoms with van der Waals surface area (Å²) in [6, 6.07) is 14.6. The Morgan fingerprint density at radius 3 is 2.35 bits per heavy atom. The molecule has 1 amide bonds. The van der Waals surface area contributed by atoms with Gasteiger partial charge in [-0.05, 0) is 50.2 Å². The van der Waals surface area contributed by atoms with Crippen LogP contribution < -0.4 is 4.90 Å². The van der Waals surface area contributed by atoms with Crippen LogP contribution in [0, 0.1) is 0 Å². The molecule has 0 bridgehead atoms. The molecule has 0 unspecified atom stereocenters. The standard InChI is InChI=1S/C26H31F2N5O/c27-26(28)33-23-11-4-3-10-22(23)29-25(33)20-8-7-9-21(18-20)31-14-16-32(17-15-31)24(34)19-30-12-5-1-2-6-13-30/h3-4,7-11,18,26H,1-2,5-6,12-17,19H2. The fourth-order valence-corrected chi connectivity index (χ4v) is 5.09. The molecule has 2 aromatic carbocycles. The number of alkyl halides is 2. The molecule has 6 nitrogen and oxygen atoms in total. The maximum absolute atomic E-state index is 13.9. The van der Waals surface area contributed by atoms with Gasteiger partial charge in [-0.1, -0.05) is 37.1 Å². The molecule has 2 saturated heterocycles. The summed E-state index contributed by atoms with van der Waals surface area (Å²) >= 11 is 0.